The molecule has 1 fully saturated rings. The van der Waals surface area contributed by atoms with Crippen molar-refractivity contribution in [1.29, 1.82) is 0 Å². The molecule has 3 aliphatic heterocycles. The van der Waals surface area contributed by atoms with E-state index in [1.807, 2.05) is 41.3 Å². The number of halogens is 1. The Morgan fingerprint density at radius 1 is 1.22 bits per heavy atom. The van der Waals surface area contributed by atoms with Crippen LogP contribution in [0.25, 0.3) is 0 Å². The molecular formula is C17H20ClN3O2. The van der Waals surface area contributed by atoms with E-state index in [0.29, 0.717) is 25.9 Å². The Hall–Kier alpha value is -1.85. The second-order valence-electron chi connectivity index (χ2n) is 6.22. The molecule has 0 bridgehead atoms. The molecule has 2 amide bonds. The van der Waals surface area contributed by atoms with Gasteiger partial charge in [0.25, 0.3) is 0 Å². The highest BCUT2D eigenvalue weighted by molar-refractivity contribution is 6.06. The minimum atomic E-state index is -0.452. The number of likely N-dealkylation sites (tertiary alicyclic amines) is 1. The molecule has 1 aromatic carbocycles. The van der Waals surface area contributed by atoms with Crippen LogP contribution < -0.4 is 10.6 Å². The van der Waals surface area contributed by atoms with Gasteiger partial charge in [0.2, 0.25) is 11.8 Å². The molecule has 5 nitrogen and oxygen atoms in total. The van der Waals surface area contributed by atoms with Crippen LogP contribution in [-0.2, 0) is 15.0 Å². The Kier molecular flexibility index (Phi) is 4.17. The Morgan fingerprint density at radius 2 is 1.96 bits per heavy atom. The largest absolute Gasteiger partial charge is 0.341 e. The maximum atomic E-state index is 12.5. The molecule has 1 spiro atoms. The molecule has 2 N–H and O–H groups in total. The molecule has 1 aromatic rings. The van der Waals surface area contributed by atoms with Gasteiger partial charge in [0.15, 0.2) is 0 Å². The van der Waals surface area contributed by atoms with Crippen LogP contribution in [0.2, 0.25) is 0 Å². The molecule has 3 heterocycles. The molecule has 1 atom stereocenters. The molecule has 6 heteroatoms. The van der Waals surface area contributed by atoms with E-state index >= 15 is 0 Å². The normalized spacial score (nSPS) is 24.3. The van der Waals surface area contributed by atoms with Crippen molar-refractivity contribution < 1.29 is 9.59 Å². The van der Waals surface area contributed by atoms with Crippen LogP contribution in [0.15, 0.2) is 36.4 Å². The Balaban J connectivity index is 0.00000156. The third kappa shape index (κ3) is 2.44. The minimum Gasteiger partial charge on any atom is -0.341 e. The molecule has 1 saturated heterocycles. The first kappa shape index (κ1) is 16.0. The van der Waals surface area contributed by atoms with Crippen LogP contribution in [0.5, 0.6) is 0 Å². The van der Waals surface area contributed by atoms with E-state index in [-0.39, 0.29) is 30.3 Å². The molecule has 4 rings (SSSR count). The summed E-state index contributed by atoms with van der Waals surface area (Å²) in [5.74, 6) is 0.204. The number of benzene rings is 1. The predicted octanol–water partition coefficient (Wildman–Crippen LogP) is 1.45. The molecule has 1 unspecified atom stereocenters. The lowest BCUT2D eigenvalue weighted by Crippen LogP contribution is -2.52. The monoisotopic (exact) mass is 333 g/mol. The number of carbonyl (C=O) groups excluding carboxylic acids is 2. The number of para-hydroxylation sites is 1. The lowest BCUT2D eigenvalue weighted by molar-refractivity contribution is -0.135. The maximum Gasteiger partial charge on any atom is 0.243 e. The SMILES string of the molecule is Cl.O=C(C1C=CCN1)N1CCC2(CC1)C(=O)Nc1ccccc12. The van der Waals surface area contributed by atoms with Gasteiger partial charge in [-0.15, -0.1) is 12.4 Å². The number of hydrogen-bond donors (Lipinski definition) is 2. The number of carbonyl (C=O) groups is 2. The number of amides is 2. The van der Waals surface area contributed by atoms with Gasteiger partial charge in [-0.05, 0) is 24.5 Å². The Morgan fingerprint density at radius 3 is 2.65 bits per heavy atom. The van der Waals surface area contributed by atoms with Crippen molar-refractivity contribution in [2.24, 2.45) is 0 Å². The van der Waals surface area contributed by atoms with E-state index in [4.69, 9.17) is 0 Å². The van der Waals surface area contributed by atoms with Gasteiger partial charge in [0.05, 0.1) is 5.41 Å². The zero-order valence-electron chi connectivity index (χ0n) is 12.7. The summed E-state index contributed by atoms with van der Waals surface area (Å²) in [5.41, 5.74) is 1.56. The van der Waals surface area contributed by atoms with E-state index < -0.39 is 5.41 Å². The van der Waals surface area contributed by atoms with Crippen molar-refractivity contribution in [1.82, 2.24) is 10.2 Å². The highest BCUT2D eigenvalue weighted by Gasteiger charge is 2.49. The summed E-state index contributed by atoms with van der Waals surface area (Å²) in [5, 5.41) is 6.15. The second-order valence-corrected chi connectivity index (χ2v) is 6.22. The predicted molar refractivity (Wildman–Crippen MR) is 90.7 cm³/mol. The number of anilines is 1. The lowest BCUT2D eigenvalue weighted by Gasteiger charge is -2.38. The van der Waals surface area contributed by atoms with Crippen molar-refractivity contribution in [3.05, 3.63) is 42.0 Å². The fraction of sp³-hybridized carbons (Fsp3) is 0.412. The first-order valence-corrected chi connectivity index (χ1v) is 7.80. The first-order valence-electron chi connectivity index (χ1n) is 7.80. The summed E-state index contributed by atoms with van der Waals surface area (Å²) in [7, 11) is 0. The van der Waals surface area contributed by atoms with Gasteiger partial charge in [-0.3, -0.25) is 14.9 Å². The summed E-state index contributed by atoms with van der Waals surface area (Å²) in [6, 6.07) is 7.71. The number of rotatable bonds is 1. The van der Waals surface area contributed by atoms with Gasteiger partial charge in [-0.1, -0.05) is 30.4 Å². The van der Waals surface area contributed by atoms with E-state index in [0.717, 1.165) is 17.8 Å². The quantitative estimate of drug-likeness (QED) is 0.765. The van der Waals surface area contributed by atoms with Gasteiger partial charge < -0.3 is 10.2 Å². The highest BCUT2D eigenvalue weighted by atomic mass is 35.5. The first-order chi connectivity index (χ1) is 10.7. The third-order valence-electron chi connectivity index (χ3n) is 5.10. The molecule has 0 aliphatic carbocycles. The molecule has 122 valence electrons. The average molecular weight is 334 g/mol. The van der Waals surface area contributed by atoms with Crippen LogP contribution in [0, 0.1) is 0 Å². The van der Waals surface area contributed by atoms with Crippen LogP contribution in [0.4, 0.5) is 5.69 Å². The highest BCUT2D eigenvalue weighted by Crippen LogP contribution is 2.44. The maximum absolute atomic E-state index is 12.5. The molecule has 0 radical (unpaired) electrons. The van der Waals surface area contributed by atoms with Crippen molar-refractivity contribution in [2.45, 2.75) is 24.3 Å². The molecule has 23 heavy (non-hydrogen) atoms. The number of fused-ring (bicyclic) bond motifs is 2. The molecule has 0 aromatic heterocycles. The molecule has 0 saturated carbocycles. The van der Waals surface area contributed by atoms with Crippen molar-refractivity contribution in [3.8, 4) is 0 Å². The second kappa shape index (κ2) is 5.98. The smallest absolute Gasteiger partial charge is 0.243 e. The third-order valence-corrected chi connectivity index (χ3v) is 5.10. The number of hydrogen-bond acceptors (Lipinski definition) is 3. The van der Waals surface area contributed by atoms with E-state index in [2.05, 4.69) is 10.6 Å². The fourth-order valence-electron chi connectivity index (χ4n) is 3.81. The van der Waals surface area contributed by atoms with Gasteiger partial charge in [-0.2, -0.15) is 0 Å². The van der Waals surface area contributed by atoms with Crippen molar-refractivity contribution >= 4 is 29.9 Å². The van der Waals surface area contributed by atoms with Gasteiger partial charge >= 0.3 is 0 Å². The van der Waals surface area contributed by atoms with E-state index in [9.17, 15) is 9.59 Å². The summed E-state index contributed by atoms with van der Waals surface area (Å²) in [6.07, 6.45) is 5.29. The average Bonchev–Trinajstić information content (AvgIpc) is 3.16. The van der Waals surface area contributed by atoms with E-state index in [1.54, 1.807) is 0 Å². The zero-order chi connectivity index (χ0) is 15.2. The standard InChI is InChI=1S/C17H19N3O2.ClH/c21-15(14-6-3-9-18-14)20-10-7-17(8-11-20)12-4-1-2-5-13(12)19-16(17)22;/h1-6,14,18H,7-11H2,(H,19,22);1H. The summed E-state index contributed by atoms with van der Waals surface area (Å²) < 4.78 is 0. The van der Waals surface area contributed by atoms with E-state index in [1.165, 1.54) is 0 Å². The minimum absolute atomic E-state index is 0. The molecular weight excluding hydrogens is 314 g/mol. The van der Waals surface area contributed by atoms with Gasteiger partial charge in [0, 0.05) is 25.3 Å². The van der Waals surface area contributed by atoms with Crippen LogP contribution >= 0.6 is 12.4 Å². The Labute approximate surface area is 141 Å². The zero-order valence-corrected chi connectivity index (χ0v) is 13.6. The number of piperidine rings is 1. The van der Waals surface area contributed by atoms with Crippen LogP contribution in [0.1, 0.15) is 18.4 Å². The molecule has 3 aliphatic rings. The fourth-order valence-corrected chi connectivity index (χ4v) is 3.81. The summed E-state index contributed by atoms with van der Waals surface area (Å²) >= 11 is 0. The van der Waals surface area contributed by atoms with Gasteiger partial charge in [0.1, 0.15) is 6.04 Å². The number of nitrogens with one attached hydrogen (secondary N) is 2. The summed E-state index contributed by atoms with van der Waals surface area (Å²) in [6.45, 7) is 2.02. The van der Waals surface area contributed by atoms with Crippen LogP contribution in [-0.4, -0.2) is 42.4 Å². The van der Waals surface area contributed by atoms with Crippen LogP contribution in [0.3, 0.4) is 0 Å². The topological polar surface area (TPSA) is 61.4 Å². The lowest BCUT2D eigenvalue weighted by atomic mass is 9.73. The Bertz CT molecular complexity index is 666. The number of nitrogens with zero attached hydrogens (tertiary/aromatic N) is 1. The van der Waals surface area contributed by atoms with Crippen molar-refractivity contribution in [3.63, 3.8) is 0 Å². The van der Waals surface area contributed by atoms with Crippen molar-refractivity contribution in [2.75, 3.05) is 25.0 Å². The summed E-state index contributed by atoms with van der Waals surface area (Å²) in [4.78, 5) is 26.8. The van der Waals surface area contributed by atoms with Gasteiger partial charge in [-0.25, -0.2) is 0 Å².